The van der Waals surface area contributed by atoms with Crippen LogP contribution >= 0.6 is 0 Å². The molecule has 1 aliphatic rings. The van der Waals surface area contributed by atoms with Gasteiger partial charge in [0.1, 0.15) is 6.54 Å². The predicted octanol–water partition coefficient (Wildman–Crippen LogP) is -0.953. The number of esters is 1. The number of nitrogens with zero attached hydrogens (tertiary/aromatic N) is 1. The summed E-state index contributed by atoms with van der Waals surface area (Å²) in [6.07, 6.45) is -6.43. The summed E-state index contributed by atoms with van der Waals surface area (Å²) in [6.45, 7) is -2.19. The Bertz CT molecular complexity index is 427. The molecule has 0 radical (unpaired) electrons. The molecule has 2 atom stereocenters. The van der Waals surface area contributed by atoms with Crippen LogP contribution in [-0.4, -0.2) is 66.8 Å². The number of hydrogen-bond donors (Lipinski definition) is 2. The minimum atomic E-state index is -4.53. The van der Waals surface area contributed by atoms with Crippen LogP contribution in [0.3, 0.4) is 0 Å². The van der Waals surface area contributed by atoms with Crippen molar-refractivity contribution in [1.29, 1.82) is 0 Å². The molecule has 1 aliphatic heterocycles. The summed E-state index contributed by atoms with van der Waals surface area (Å²) in [5, 5.41) is 11.4. The molecule has 0 aromatic rings. The van der Waals surface area contributed by atoms with Crippen LogP contribution in [0.2, 0.25) is 0 Å². The second-order valence-corrected chi connectivity index (χ2v) is 4.57. The number of halogens is 3. The van der Waals surface area contributed by atoms with E-state index in [0.29, 0.717) is 4.90 Å². The summed E-state index contributed by atoms with van der Waals surface area (Å²) in [7, 11) is 1.05. The van der Waals surface area contributed by atoms with Gasteiger partial charge in [-0.1, -0.05) is 0 Å². The predicted molar refractivity (Wildman–Crippen MR) is 61.8 cm³/mol. The zero-order valence-electron chi connectivity index (χ0n) is 11.1. The first-order valence-electron chi connectivity index (χ1n) is 6.02. The number of methoxy groups -OCH3 is 1. The normalized spacial score (nSPS) is 20.3. The fraction of sp³-hybridized carbons (Fsp3) is 0.727. The van der Waals surface area contributed by atoms with E-state index < -0.39 is 49.1 Å². The lowest BCUT2D eigenvalue weighted by Gasteiger charge is -2.18. The SMILES string of the molecule is COC(=O)C(O)CNC(=O)C1CC(=O)N(CC(F)(F)F)C1. The lowest BCUT2D eigenvalue weighted by Crippen LogP contribution is -2.41. The molecule has 1 rings (SSSR count). The Balaban J connectivity index is 2.46. The fourth-order valence-electron chi connectivity index (χ4n) is 1.88. The molecule has 120 valence electrons. The standard InChI is InChI=1S/C11H15F3N2O5/c1-21-10(20)7(17)3-15-9(19)6-2-8(18)16(4-6)5-11(12,13)14/h6-7,17H,2-5H2,1H3,(H,15,19). The number of rotatable bonds is 5. The van der Waals surface area contributed by atoms with E-state index in [2.05, 4.69) is 10.1 Å². The van der Waals surface area contributed by atoms with E-state index in [-0.39, 0.29) is 13.0 Å². The van der Waals surface area contributed by atoms with Gasteiger partial charge in [0.05, 0.1) is 19.6 Å². The molecule has 0 aromatic heterocycles. The van der Waals surface area contributed by atoms with Crippen LogP contribution < -0.4 is 5.32 Å². The Morgan fingerprint density at radius 1 is 1.52 bits per heavy atom. The Hall–Kier alpha value is -1.84. The number of ether oxygens (including phenoxy) is 1. The van der Waals surface area contributed by atoms with Crippen molar-refractivity contribution < 1.29 is 37.4 Å². The molecule has 1 fully saturated rings. The third kappa shape index (κ3) is 5.21. The van der Waals surface area contributed by atoms with E-state index in [9.17, 15) is 32.7 Å². The minimum Gasteiger partial charge on any atom is -0.467 e. The van der Waals surface area contributed by atoms with Crippen molar-refractivity contribution in [2.24, 2.45) is 5.92 Å². The van der Waals surface area contributed by atoms with E-state index in [1.165, 1.54) is 0 Å². The number of hydrogen-bond acceptors (Lipinski definition) is 5. The number of nitrogens with one attached hydrogen (secondary N) is 1. The number of amides is 2. The minimum absolute atomic E-state index is 0.337. The third-order valence-corrected chi connectivity index (χ3v) is 2.90. The first-order chi connectivity index (χ1) is 9.64. The fourth-order valence-corrected chi connectivity index (χ4v) is 1.88. The monoisotopic (exact) mass is 312 g/mol. The summed E-state index contributed by atoms with van der Waals surface area (Å²) in [4.78, 5) is 34.5. The van der Waals surface area contributed by atoms with E-state index >= 15 is 0 Å². The second-order valence-electron chi connectivity index (χ2n) is 4.57. The highest BCUT2D eigenvalue weighted by atomic mass is 19.4. The largest absolute Gasteiger partial charge is 0.467 e. The Morgan fingerprint density at radius 2 is 2.14 bits per heavy atom. The first-order valence-corrected chi connectivity index (χ1v) is 6.02. The Morgan fingerprint density at radius 3 is 2.67 bits per heavy atom. The van der Waals surface area contributed by atoms with Crippen molar-refractivity contribution in [2.75, 3.05) is 26.7 Å². The van der Waals surface area contributed by atoms with Crippen molar-refractivity contribution in [3.63, 3.8) is 0 Å². The summed E-state index contributed by atoms with van der Waals surface area (Å²) in [5.41, 5.74) is 0. The van der Waals surface area contributed by atoms with Gasteiger partial charge in [-0.15, -0.1) is 0 Å². The van der Waals surface area contributed by atoms with Crippen molar-refractivity contribution in [3.05, 3.63) is 0 Å². The van der Waals surface area contributed by atoms with Crippen LogP contribution in [0.25, 0.3) is 0 Å². The van der Waals surface area contributed by atoms with Crippen molar-refractivity contribution in [2.45, 2.75) is 18.7 Å². The number of carbonyl (C=O) groups excluding carboxylic acids is 3. The molecule has 10 heteroatoms. The summed E-state index contributed by atoms with van der Waals surface area (Å²) >= 11 is 0. The average molecular weight is 312 g/mol. The number of alkyl halides is 3. The van der Waals surface area contributed by atoms with Gasteiger partial charge in [0.2, 0.25) is 11.8 Å². The van der Waals surface area contributed by atoms with E-state index in [0.717, 1.165) is 7.11 Å². The van der Waals surface area contributed by atoms with Gasteiger partial charge in [0.25, 0.3) is 0 Å². The topological polar surface area (TPSA) is 95.9 Å². The second kappa shape index (κ2) is 6.74. The number of aliphatic hydroxyl groups is 1. The highest BCUT2D eigenvalue weighted by Crippen LogP contribution is 2.23. The third-order valence-electron chi connectivity index (χ3n) is 2.90. The molecule has 21 heavy (non-hydrogen) atoms. The summed E-state index contributed by atoms with van der Waals surface area (Å²) < 4.78 is 40.9. The molecule has 7 nitrogen and oxygen atoms in total. The maximum atomic E-state index is 12.2. The van der Waals surface area contributed by atoms with Crippen molar-refractivity contribution in [1.82, 2.24) is 10.2 Å². The van der Waals surface area contributed by atoms with Gasteiger partial charge in [-0.05, 0) is 0 Å². The molecule has 0 saturated carbocycles. The van der Waals surface area contributed by atoms with Crippen LogP contribution in [-0.2, 0) is 19.1 Å². The van der Waals surface area contributed by atoms with Crippen LogP contribution in [0.5, 0.6) is 0 Å². The van der Waals surface area contributed by atoms with Crippen LogP contribution in [0, 0.1) is 5.92 Å². The lowest BCUT2D eigenvalue weighted by atomic mass is 10.1. The maximum absolute atomic E-state index is 12.2. The van der Waals surface area contributed by atoms with E-state index in [1.807, 2.05) is 0 Å². The highest BCUT2D eigenvalue weighted by molar-refractivity contribution is 5.89. The highest BCUT2D eigenvalue weighted by Gasteiger charge is 2.40. The molecule has 2 N–H and O–H groups in total. The molecule has 2 amide bonds. The first kappa shape index (κ1) is 17.2. The van der Waals surface area contributed by atoms with Crippen LogP contribution in [0.15, 0.2) is 0 Å². The molecule has 2 unspecified atom stereocenters. The molecule has 0 bridgehead atoms. The molecule has 0 aliphatic carbocycles. The zero-order valence-corrected chi connectivity index (χ0v) is 11.1. The van der Waals surface area contributed by atoms with Crippen LogP contribution in [0.4, 0.5) is 13.2 Å². The van der Waals surface area contributed by atoms with Gasteiger partial charge in [0, 0.05) is 13.0 Å². The molecular formula is C11H15F3N2O5. The average Bonchev–Trinajstić information content (AvgIpc) is 2.74. The van der Waals surface area contributed by atoms with E-state index in [1.54, 1.807) is 0 Å². The molecular weight excluding hydrogens is 297 g/mol. The summed E-state index contributed by atoms with van der Waals surface area (Å²) in [6, 6.07) is 0. The maximum Gasteiger partial charge on any atom is 0.406 e. The van der Waals surface area contributed by atoms with Gasteiger partial charge in [0.15, 0.2) is 6.10 Å². The molecule has 1 saturated heterocycles. The van der Waals surface area contributed by atoms with E-state index in [4.69, 9.17) is 0 Å². The van der Waals surface area contributed by atoms with Crippen molar-refractivity contribution >= 4 is 17.8 Å². The quantitative estimate of drug-likeness (QED) is 0.638. The van der Waals surface area contributed by atoms with Gasteiger partial charge >= 0.3 is 12.1 Å². The Labute approximate surface area is 118 Å². The molecule has 1 heterocycles. The molecule has 0 aromatic carbocycles. The Kier molecular flexibility index (Phi) is 5.53. The zero-order chi connectivity index (χ0) is 16.2. The van der Waals surface area contributed by atoms with Gasteiger partial charge in [-0.3, -0.25) is 9.59 Å². The number of aliphatic hydroxyl groups excluding tert-OH is 1. The van der Waals surface area contributed by atoms with Crippen LogP contribution in [0.1, 0.15) is 6.42 Å². The van der Waals surface area contributed by atoms with Gasteiger partial charge in [-0.25, -0.2) is 4.79 Å². The summed E-state index contributed by atoms with van der Waals surface area (Å²) in [5.74, 6) is -3.35. The number of likely N-dealkylation sites (tertiary alicyclic amines) is 1. The lowest BCUT2D eigenvalue weighted by molar-refractivity contribution is -0.157. The van der Waals surface area contributed by atoms with Crippen molar-refractivity contribution in [3.8, 4) is 0 Å². The number of carbonyl (C=O) groups is 3. The molecule has 0 spiro atoms. The smallest absolute Gasteiger partial charge is 0.406 e. The van der Waals surface area contributed by atoms with Gasteiger partial charge in [-0.2, -0.15) is 13.2 Å². The van der Waals surface area contributed by atoms with Gasteiger partial charge < -0.3 is 20.1 Å².